The number of carbonyl (C=O) groups excluding carboxylic acids is 1. The molecule has 0 amide bonds. The lowest BCUT2D eigenvalue weighted by molar-refractivity contribution is -0.0176. The summed E-state index contributed by atoms with van der Waals surface area (Å²) < 4.78 is 5.65. The van der Waals surface area contributed by atoms with Crippen LogP contribution in [-0.2, 0) is 4.74 Å². The van der Waals surface area contributed by atoms with Gasteiger partial charge in [0.25, 0.3) is 0 Å². The van der Waals surface area contributed by atoms with Gasteiger partial charge in [-0.15, -0.1) is 0 Å². The second-order valence-corrected chi connectivity index (χ2v) is 6.44. The fraction of sp³-hybridized carbons (Fsp3) is 0.588. The van der Waals surface area contributed by atoms with Crippen molar-refractivity contribution in [1.29, 1.82) is 0 Å². The fourth-order valence-corrected chi connectivity index (χ4v) is 3.15. The van der Waals surface area contributed by atoms with Crippen LogP contribution < -0.4 is 0 Å². The molecule has 0 unspecified atom stereocenters. The van der Waals surface area contributed by atoms with E-state index < -0.39 is 11.7 Å². The summed E-state index contributed by atoms with van der Waals surface area (Å²) in [6.45, 7) is 6.46. The average Bonchev–Trinajstić information content (AvgIpc) is 2.41. The van der Waals surface area contributed by atoms with Crippen LogP contribution in [0.25, 0.3) is 0 Å². The highest BCUT2D eigenvalue weighted by atomic mass is 16.5. The molecule has 1 aromatic carbocycles. The molecule has 1 aliphatic carbocycles. The molecule has 0 spiro atoms. The predicted octanol–water partition coefficient (Wildman–Crippen LogP) is 3.72. The Balaban J connectivity index is 2.14. The lowest BCUT2D eigenvalue weighted by Gasteiger charge is -2.36. The van der Waals surface area contributed by atoms with E-state index in [4.69, 9.17) is 4.74 Å². The van der Waals surface area contributed by atoms with Gasteiger partial charge in [0.05, 0.1) is 0 Å². The van der Waals surface area contributed by atoms with Crippen molar-refractivity contribution in [3.63, 3.8) is 0 Å². The third-order valence-corrected chi connectivity index (χ3v) is 4.45. The minimum absolute atomic E-state index is 0.0238. The largest absolute Gasteiger partial charge is 0.504 e. The number of phenolic OH excluding ortho intramolecular Hbond substituents is 2. The van der Waals surface area contributed by atoms with Crippen molar-refractivity contribution < 1.29 is 19.7 Å². The van der Waals surface area contributed by atoms with Gasteiger partial charge < -0.3 is 14.9 Å². The molecule has 1 aromatic rings. The zero-order valence-electron chi connectivity index (χ0n) is 12.9. The molecule has 1 fully saturated rings. The van der Waals surface area contributed by atoms with E-state index in [9.17, 15) is 15.0 Å². The van der Waals surface area contributed by atoms with E-state index in [1.165, 1.54) is 18.2 Å². The monoisotopic (exact) mass is 292 g/mol. The lowest BCUT2D eigenvalue weighted by Crippen LogP contribution is -2.35. The molecule has 0 heterocycles. The number of rotatable bonds is 3. The molecule has 1 saturated carbocycles. The van der Waals surface area contributed by atoms with Gasteiger partial charge in [0, 0.05) is 0 Å². The highest BCUT2D eigenvalue weighted by Crippen LogP contribution is 2.36. The summed E-state index contributed by atoms with van der Waals surface area (Å²) in [6.07, 6.45) is 2.95. The molecule has 0 aliphatic heterocycles. The lowest BCUT2D eigenvalue weighted by atomic mass is 9.75. The van der Waals surface area contributed by atoms with Crippen molar-refractivity contribution in [3.05, 3.63) is 23.8 Å². The molecule has 0 radical (unpaired) electrons. The Labute approximate surface area is 125 Å². The molecule has 4 nitrogen and oxygen atoms in total. The van der Waals surface area contributed by atoms with Crippen molar-refractivity contribution in [1.82, 2.24) is 0 Å². The zero-order chi connectivity index (χ0) is 15.6. The van der Waals surface area contributed by atoms with Gasteiger partial charge in [0.15, 0.2) is 11.5 Å². The average molecular weight is 292 g/mol. The maximum atomic E-state index is 12.3. The van der Waals surface area contributed by atoms with E-state index >= 15 is 0 Å². The number of aromatic hydroxyl groups is 2. The molecule has 21 heavy (non-hydrogen) atoms. The molecule has 1 aliphatic rings. The van der Waals surface area contributed by atoms with Crippen molar-refractivity contribution in [2.75, 3.05) is 0 Å². The Kier molecular flexibility index (Phi) is 4.76. The van der Waals surface area contributed by atoms with Gasteiger partial charge >= 0.3 is 5.97 Å². The minimum Gasteiger partial charge on any atom is -0.504 e. The van der Waals surface area contributed by atoms with Crippen molar-refractivity contribution in [3.8, 4) is 11.5 Å². The van der Waals surface area contributed by atoms with Gasteiger partial charge in [-0.1, -0.05) is 33.3 Å². The summed E-state index contributed by atoms with van der Waals surface area (Å²) in [5.74, 6) is 0.0655. The van der Waals surface area contributed by atoms with E-state index in [1.807, 2.05) is 0 Å². The van der Waals surface area contributed by atoms with Gasteiger partial charge in [0.2, 0.25) is 0 Å². The van der Waals surface area contributed by atoms with Crippen LogP contribution in [0.2, 0.25) is 0 Å². The Morgan fingerprint density at radius 1 is 1.29 bits per heavy atom. The summed E-state index contributed by atoms with van der Waals surface area (Å²) in [6, 6.07) is 4.33. The quantitative estimate of drug-likeness (QED) is 0.658. The van der Waals surface area contributed by atoms with Crippen LogP contribution in [0.5, 0.6) is 11.5 Å². The summed E-state index contributed by atoms with van der Waals surface area (Å²) in [5, 5.41) is 19.3. The predicted molar refractivity (Wildman–Crippen MR) is 80.3 cm³/mol. The number of esters is 1. The van der Waals surface area contributed by atoms with E-state index in [1.54, 1.807) is 0 Å². The summed E-state index contributed by atoms with van der Waals surface area (Å²) in [4.78, 5) is 12.3. The van der Waals surface area contributed by atoms with Gasteiger partial charge in [-0.3, -0.25) is 0 Å². The van der Waals surface area contributed by atoms with Crippen molar-refractivity contribution in [2.24, 2.45) is 17.8 Å². The van der Waals surface area contributed by atoms with Crippen molar-refractivity contribution in [2.45, 2.75) is 46.1 Å². The second kappa shape index (κ2) is 6.37. The molecule has 2 N–H and O–H groups in total. The zero-order valence-corrected chi connectivity index (χ0v) is 12.9. The SMILES string of the molecule is CC(C)[C@@H]1CC[C@@H](C)C[C@H]1OC(=O)c1cccc(O)c1O. The first-order chi connectivity index (χ1) is 9.90. The van der Waals surface area contributed by atoms with Gasteiger partial charge in [-0.2, -0.15) is 0 Å². The van der Waals surface area contributed by atoms with Crippen LogP contribution in [0.3, 0.4) is 0 Å². The van der Waals surface area contributed by atoms with Crippen LogP contribution in [0.4, 0.5) is 0 Å². The molecule has 0 saturated heterocycles. The molecule has 0 aromatic heterocycles. The van der Waals surface area contributed by atoms with E-state index in [0.717, 1.165) is 19.3 Å². The molecular formula is C17H24O4. The normalized spacial score (nSPS) is 25.8. The Morgan fingerprint density at radius 2 is 2.00 bits per heavy atom. The van der Waals surface area contributed by atoms with E-state index in [2.05, 4.69) is 20.8 Å². The highest BCUT2D eigenvalue weighted by Gasteiger charge is 2.34. The van der Waals surface area contributed by atoms with Crippen LogP contribution in [0, 0.1) is 17.8 Å². The van der Waals surface area contributed by atoms with Gasteiger partial charge in [0.1, 0.15) is 11.7 Å². The molecule has 4 heteroatoms. The molecule has 2 rings (SSSR count). The standard InChI is InChI=1S/C17H24O4/c1-10(2)12-8-7-11(3)9-15(12)21-17(20)13-5-4-6-14(18)16(13)19/h4-6,10-12,15,18-19H,7-9H2,1-3H3/t11-,12+,15-/m1/s1. The Bertz CT molecular complexity index is 510. The van der Waals surface area contributed by atoms with Gasteiger partial charge in [-0.25, -0.2) is 4.79 Å². The Morgan fingerprint density at radius 3 is 2.67 bits per heavy atom. The first kappa shape index (κ1) is 15.7. The number of phenols is 2. The Hall–Kier alpha value is -1.71. The first-order valence-corrected chi connectivity index (χ1v) is 7.62. The van der Waals surface area contributed by atoms with Crippen molar-refractivity contribution >= 4 is 5.97 Å². The summed E-state index contributed by atoms with van der Waals surface area (Å²) in [5.41, 5.74) is 0.0238. The molecular weight excluding hydrogens is 268 g/mol. The number of ether oxygens (including phenoxy) is 1. The van der Waals surface area contributed by atoms with E-state index in [-0.39, 0.29) is 17.4 Å². The maximum Gasteiger partial charge on any atom is 0.342 e. The maximum absolute atomic E-state index is 12.3. The number of hydrogen-bond acceptors (Lipinski definition) is 4. The molecule has 116 valence electrons. The highest BCUT2D eigenvalue weighted by molar-refractivity contribution is 5.93. The number of hydrogen-bond donors (Lipinski definition) is 2. The summed E-state index contributed by atoms with van der Waals surface area (Å²) >= 11 is 0. The number of carbonyl (C=O) groups is 1. The smallest absolute Gasteiger partial charge is 0.342 e. The minimum atomic E-state index is -0.562. The number of para-hydroxylation sites is 1. The van der Waals surface area contributed by atoms with Crippen LogP contribution >= 0.6 is 0 Å². The number of benzene rings is 1. The fourth-order valence-electron chi connectivity index (χ4n) is 3.15. The van der Waals surface area contributed by atoms with Crippen LogP contribution in [0.1, 0.15) is 50.4 Å². The van der Waals surface area contributed by atoms with E-state index in [0.29, 0.717) is 17.8 Å². The van der Waals surface area contributed by atoms with Gasteiger partial charge in [-0.05, 0) is 42.7 Å². The second-order valence-electron chi connectivity index (χ2n) is 6.44. The van der Waals surface area contributed by atoms with Crippen LogP contribution in [-0.4, -0.2) is 22.3 Å². The van der Waals surface area contributed by atoms with Crippen LogP contribution in [0.15, 0.2) is 18.2 Å². The third-order valence-electron chi connectivity index (χ3n) is 4.45. The first-order valence-electron chi connectivity index (χ1n) is 7.62. The molecule has 3 atom stereocenters. The molecule has 0 bridgehead atoms. The summed E-state index contributed by atoms with van der Waals surface area (Å²) in [7, 11) is 0. The topological polar surface area (TPSA) is 66.8 Å². The third kappa shape index (κ3) is 3.49.